The lowest BCUT2D eigenvalue weighted by Gasteiger charge is -2.29. The Labute approximate surface area is 278 Å². The molecule has 2 aliphatic carbocycles. The summed E-state index contributed by atoms with van der Waals surface area (Å²) in [6.07, 6.45) is 6.64. The molecule has 0 spiro atoms. The van der Waals surface area contributed by atoms with Crippen molar-refractivity contribution < 1.29 is 34.5 Å². The minimum absolute atomic E-state index is 0.0118. The number of amides is 1. The van der Waals surface area contributed by atoms with Gasteiger partial charge < -0.3 is 20.6 Å². The van der Waals surface area contributed by atoms with E-state index in [-0.39, 0.29) is 52.3 Å². The van der Waals surface area contributed by atoms with Crippen molar-refractivity contribution in [3.8, 4) is 0 Å². The zero-order chi connectivity index (χ0) is 33.9. The summed E-state index contributed by atoms with van der Waals surface area (Å²) in [6.45, 7) is 4.41. The monoisotopic (exact) mass is 647 g/mol. The second-order valence-electron chi connectivity index (χ2n) is 14.4. The van der Waals surface area contributed by atoms with Gasteiger partial charge in [-0.1, -0.05) is 57.0 Å². The minimum atomic E-state index is -1.17. The number of Topliss-reactive ketones (excluding diaryl/α,β-unsaturated/α-hetero) is 1. The van der Waals surface area contributed by atoms with Crippen LogP contribution < -0.4 is 5.32 Å². The number of hydrogen-bond acceptors (Lipinski definition) is 5. The fourth-order valence-corrected chi connectivity index (χ4v) is 8.47. The number of nitrogens with one attached hydrogen (secondary N) is 1. The molecule has 1 amide bonds. The van der Waals surface area contributed by atoms with Gasteiger partial charge in [-0.15, -0.1) is 0 Å². The Hall–Kier alpha value is -4.56. The van der Waals surface area contributed by atoms with Crippen molar-refractivity contribution in [3.05, 3.63) is 70.8 Å². The van der Waals surface area contributed by atoms with Gasteiger partial charge in [-0.3, -0.25) is 9.59 Å². The SMILES string of the molecule is CC1CCC(NC(=O)c2ccc3c4ccc(C(=O)O)c5c(C(=O)CC(O)C6CCC(C)CC6)ccc(c6ccc(C(=O)O)c2c63)c54)CC1. The van der Waals surface area contributed by atoms with E-state index in [0.29, 0.717) is 54.9 Å². The van der Waals surface area contributed by atoms with E-state index in [4.69, 9.17) is 0 Å². The first-order chi connectivity index (χ1) is 23.0. The molecule has 1 unspecified atom stereocenters. The van der Waals surface area contributed by atoms with Crippen LogP contribution in [-0.4, -0.2) is 51.1 Å². The molecule has 8 nitrogen and oxygen atoms in total. The predicted molar refractivity (Wildman–Crippen MR) is 187 cm³/mol. The maximum Gasteiger partial charge on any atom is 0.336 e. The third kappa shape index (κ3) is 5.46. The fraction of sp³-hybridized carbons (Fsp3) is 0.400. The van der Waals surface area contributed by atoms with Crippen molar-refractivity contribution in [2.24, 2.45) is 17.8 Å². The van der Waals surface area contributed by atoms with Crippen LogP contribution in [0, 0.1) is 17.8 Å². The van der Waals surface area contributed by atoms with Gasteiger partial charge in [-0.25, -0.2) is 9.59 Å². The van der Waals surface area contributed by atoms with Crippen molar-refractivity contribution in [3.63, 3.8) is 0 Å². The molecule has 0 heterocycles. The number of carbonyl (C=O) groups is 4. The average molecular weight is 648 g/mol. The number of fused-ring (bicyclic) bond motifs is 2. The number of ketones is 1. The standard InChI is InChI=1S/C40H41NO7/c1-20-3-7-22(8-4-20)32(42)19-33(43)28-15-11-24-27-14-18-31(40(47)48)37-29(38(44)41-23-9-5-21(2)6-10-23)16-12-25(35(27)37)26-13-17-30(39(45)46)36(28)34(24)26/h11-18,20-23,32,42H,3-10,19H2,1-2H3,(H,41,44)(H,45,46)(H,47,48). The van der Waals surface area contributed by atoms with Crippen LogP contribution in [0.15, 0.2) is 48.5 Å². The second-order valence-corrected chi connectivity index (χ2v) is 14.4. The van der Waals surface area contributed by atoms with E-state index < -0.39 is 18.0 Å². The highest BCUT2D eigenvalue weighted by atomic mass is 16.4. The van der Waals surface area contributed by atoms with E-state index in [1.165, 1.54) is 12.1 Å². The van der Waals surface area contributed by atoms with E-state index >= 15 is 0 Å². The van der Waals surface area contributed by atoms with Crippen molar-refractivity contribution in [2.75, 3.05) is 0 Å². The molecule has 1 atom stereocenters. The number of aliphatic hydroxyl groups is 1. The second kappa shape index (κ2) is 12.5. The molecule has 2 fully saturated rings. The lowest BCUT2D eigenvalue weighted by Crippen LogP contribution is -2.37. The Morgan fingerprint density at radius 1 is 0.604 bits per heavy atom. The van der Waals surface area contributed by atoms with Crippen LogP contribution >= 0.6 is 0 Å². The minimum Gasteiger partial charge on any atom is -0.478 e. The zero-order valence-electron chi connectivity index (χ0n) is 27.3. The molecular formula is C40H41NO7. The van der Waals surface area contributed by atoms with Gasteiger partial charge in [0.25, 0.3) is 5.91 Å². The zero-order valence-corrected chi connectivity index (χ0v) is 27.3. The van der Waals surface area contributed by atoms with Gasteiger partial charge in [0, 0.05) is 34.4 Å². The molecule has 0 radical (unpaired) electrons. The third-order valence-electron chi connectivity index (χ3n) is 11.3. The van der Waals surface area contributed by atoms with Gasteiger partial charge in [0.1, 0.15) is 0 Å². The number of aromatic carboxylic acids is 2. The highest BCUT2D eigenvalue weighted by Crippen LogP contribution is 2.44. The molecule has 5 aromatic rings. The number of carboxylic acids is 2. The largest absolute Gasteiger partial charge is 0.478 e. The predicted octanol–water partition coefficient (Wildman–Crippen LogP) is 8.20. The first kappa shape index (κ1) is 32.0. The molecule has 0 bridgehead atoms. The summed E-state index contributed by atoms with van der Waals surface area (Å²) in [5.41, 5.74) is 0.527. The van der Waals surface area contributed by atoms with Crippen LogP contribution in [-0.2, 0) is 0 Å². The Balaban J connectivity index is 1.40. The van der Waals surface area contributed by atoms with Gasteiger partial charge in [0.05, 0.1) is 17.2 Å². The highest BCUT2D eigenvalue weighted by Gasteiger charge is 2.30. The lowest BCUT2D eigenvalue weighted by atomic mass is 9.78. The van der Waals surface area contributed by atoms with E-state index in [0.717, 1.165) is 51.4 Å². The van der Waals surface area contributed by atoms with E-state index in [1.807, 2.05) is 0 Å². The molecule has 5 aromatic carbocycles. The van der Waals surface area contributed by atoms with Crippen molar-refractivity contribution in [1.29, 1.82) is 0 Å². The van der Waals surface area contributed by atoms with E-state index in [2.05, 4.69) is 19.2 Å². The lowest BCUT2D eigenvalue weighted by molar-refractivity contribution is 0.0590. The molecule has 8 heteroatoms. The molecule has 2 aliphatic rings. The Morgan fingerprint density at radius 2 is 1.02 bits per heavy atom. The number of hydrogen-bond donors (Lipinski definition) is 4. The Morgan fingerprint density at radius 3 is 1.50 bits per heavy atom. The van der Waals surface area contributed by atoms with Gasteiger partial charge in [0.2, 0.25) is 0 Å². The molecular weight excluding hydrogens is 606 g/mol. The normalized spacial score (nSPS) is 22.3. The molecule has 7 rings (SSSR count). The fourth-order valence-electron chi connectivity index (χ4n) is 8.47. The van der Waals surface area contributed by atoms with Crippen LogP contribution in [0.1, 0.15) is 113 Å². The number of carboxylic acid groups (broad SMARTS) is 2. The van der Waals surface area contributed by atoms with Gasteiger partial charge in [-0.05, 0) is 107 Å². The van der Waals surface area contributed by atoms with Gasteiger partial charge in [0.15, 0.2) is 5.78 Å². The van der Waals surface area contributed by atoms with Crippen molar-refractivity contribution in [2.45, 2.75) is 83.8 Å². The molecule has 0 aliphatic heterocycles. The number of benzene rings is 5. The first-order valence-electron chi connectivity index (χ1n) is 17.2. The highest BCUT2D eigenvalue weighted by molar-refractivity contribution is 6.38. The summed E-state index contributed by atoms with van der Waals surface area (Å²) < 4.78 is 0. The summed E-state index contributed by atoms with van der Waals surface area (Å²) in [6, 6.07) is 13.3. The van der Waals surface area contributed by atoms with Crippen LogP contribution in [0.2, 0.25) is 0 Å². The van der Waals surface area contributed by atoms with Crippen molar-refractivity contribution >= 4 is 66.7 Å². The third-order valence-corrected chi connectivity index (χ3v) is 11.3. The van der Waals surface area contributed by atoms with E-state index in [9.17, 15) is 34.5 Å². The molecule has 48 heavy (non-hydrogen) atoms. The summed E-state index contributed by atoms with van der Waals surface area (Å²) in [4.78, 5) is 52.8. The smallest absolute Gasteiger partial charge is 0.336 e. The number of carbonyl (C=O) groups excluding carboxylic acids is 2. The van der Waals surface area contributed by atoms with Crippen LogP contribution in [0.3, 0.4) is 0 Å². The maximum absolute atomic E-state index is 13.9. The van der Waals surface area contributed by atoms with Crippen LogP contribution in [0.4, 0.5) is 0 Å². The molecule has 2 saturated carbocycles. The molecule has 4 N–H and O–H groups in total. The van der Waals surface area contributed by atoms with Crippen LogP contribution in [0.5, 0.6) is 0 Å². The topological polar surface area (TPSA) is 141 Å². The maximum atomic E-state index is 13.9. The van der Waals surface area contributed by atoms with Crippen molar-refractivity contribution in [1.82, 2.24) is 5.32 Å². The first-order valence-corrected chi connectivity index (χ1v) is 17.2. The molecule has 248 valence electrons. The van der Waals surface area contributed by atoms with Gasteiger partial charge >= 0.3 is 11.9 Å². The van der Waals surface area contributed by atoms with Crippen LogP contribution in [0.25, 0.3) is 43.1 Å². The number of aliphatic hydroxyl groups excluding tert-OH is 1. The molecule has 0 aromatic heterocycles. The summed E-state index contributed by atoms with van der Waals surface area (Å²) in [5, 5.41) is 39.3. The Kier molecular flexibility index (Phi) is 8.32. The number of rotatable bonds is 8. The average Bonchev–Trinajstić information content (AvgIpc) is 3.07. The van der Waals surface area contributed by atoms with Gasteiger partial charge in [-0.2, -0.15) is 0 Å². The van der Waals surface area contributed by atoms with E-state index in [1.54, 1.807) is 36.4 Å². The quantitative estimate of drug-likeness (QED) is 0.0756. The molecule has 0 saturated heterocycles. The summed E-state index contributed by atoms with van der Waals surface area (Å²) in [5.74, 6) is -1.70. The summed E-state index contributed by atoms with van der Waals surface area (Å²) in [7, 11) is 0. The summed E-state index contributed by atoms with van der Waals surface area (Å²) >= 11 is 0. The Bertz CT molecular complexity index is 2080.